The quantitative estimate of drug-likeness (QED) is 0.846. The average Bonchev–Trinajstić information content (AvgIpc) is 2.40. The molecular weight excluding hydrogens is 255 g/mol. The Morgan fingerprint density at radius 1 is 1.56 bits per heavy atom. The maximum Gasteiger partial charge on any atom is 0.141 e. The normalized spacial score (nSPS) is 20.6. The summed E-state index contributed by atoms with van der Waals surface area (Å²) in [6.45, 7) is 2.90. The van der Waals surface area contributed by atoms with Crippen LogP contribution in [0.15, 0.2) is 18.2 Å². The maximum absolute atomic E-state index is 13.1. The van der Waals surface area contributed by atoms with Gasteiger partial charge in [-0.1, -0.05) is 17.7 Å². The van der Waals surface area contributed by atoms with Gasteiger partial charge in [0.15, 0.2) is 0 Å². The first-order chi connectivity index (χ1) is 8.70. The smallest absolute Gasteiger partial charge is 0.141 e. The van der Waals surface area contributed by atoms with Crippen LogP contribution in [-0.4, -0.2) is 31.1 Å². The minimum Gasteiger partial charge on any atom is -0.371 e. The minimum absolute atomic E-state index is 0.101. The van der Waals surface area contributed by atoms with Crippen molar-refractivity contribution in [2.75, 3.05) is 26.2 Å². The first-order valence-electron chi connectivity index (χ1n) is 5.86. The minimum atomic E-state index is -0.419. The standard InChI is InChI=1S/C13H14ClFN2O/c14-11-8-10(2-3-12(11)15)13-9-17(5-1-4-16)6-7-18-13/h2-3,8,13H,1,5-7,9H2/t13-/m0/s1. The van der Waals surface area contributed by atoms with Crippen molar-refractivity contribution in [3.63, 3.8) is 0 Å². The molecule has 0 aromatic heterocycles. The average molecular weight is 269 g/mol. The molecule has 1 aliphatic rings. The molecule has 0 saturated carbocycles. The van der Waals surface area contributed by atoms with Gasteiger partial charge < -0.3 is 4.74 Å². The first kappa shape index (κ1) is 13.3. The molecule has 1 saturated heterocycles. The summed E-state index contributed by atoms with van der Waals surface area (Å²) in [5.41, 5.74) is 0.878. The maximum atomic E-state index is 13.1. The molecule has 1 aromatic rings. The molecule has 1 heterocycles. The summed E-state index contributed by atoms with van der Waals surface area (Å²) in [4.78, 5) is 2.18. The van der Waals surface area contributed by atoms with E-state index in [4.69, 9.17) is 21.6 Å². The summed E-state index contributed by atoms with van der Waals surface area (Å²) >= 11 is 5.77. The van der Waals surface area contributed by atoms with Crippen LogP contribution < -0.4 is 0 Å². The van der Waals surface area contributed by atoms with Crippen molar-refractivity contribution in [1.29, 1.82) is 5.26 Å². The van der Waals surface area contributed by atoms with E-state index >= 15 is 0 Å². The third kappa shape index (κ3) is 3.20. The van der Waals surface area contributed by atoms with Gasteiger partial charge in [-0.05, 0) is 17.7 Å². The third-order valence-corrected chi connectivity index (χ3v) is 3.30. The Bertz CT molecular complexity index is 461. The van der Waals surface area contributed by atoms with Gasteiger partial charge in [0.25, 0.3) is 0 Å². The van der Waals surface area contributed by atoms with Crippen molar-refractivity contribution in [2.45, 2.75) is 12.5 Å². The monoisotopic (exact) mass is 268 g/mol. The lowest BCUT2D eigenvalue weighted by Crippen LogP contribution is -2.38. The fourth-order valence-corrected chi connectivity index (χ4v) is 2.22. The van der Waals surface area contributed by atoms with Gasteiger partial charge in [-0.15, -0.1) is 0 Å². The summed E-state index contributed by atoms with van der Waals surface area (Å²) in [6, 6.07) is 6.79. The van der Waals surface area contributed by atoms with Crippen LogP contribution in [0.3, 0.4) is 0 Å². The zero-order valence-electron chi connectivity index (χ0n) is 9.90. The van der Waals surface area contributed by atoms with E-state index in [-0.39, 0.29) is 11.1 Å². The summed E-state index contributed by atoms with van der Waals surface area (Å²) in [5, 5.41) is 8.70. The molecule has 1 fully saturated rings. The molecule has 0 amide bonds. The predicted octanol–water partition coefficient (Wildman–Crippen LogP) is 2.77. The third-order valence-electron chi connectivity index (χ3n) is 3.01. The van der Waals surface area contributed by atoms with Crippen molar-refractivity contribution >= 4 is 11.6 Å². The number of morpholine rings is 1. The molecule has 0 spiro atoms. The SMILES string of the molecule is N#CCCN1CCO[C@H](c2ccc(F)c(Cl)c2)C1. The van der Waals surface area contributed by atoms with E-state index in [2.05, 4.69) is 11.0 Å². The molecule has 1 aliphatic heterocycles. The topological polar surface area (TPSA) is 36.3 Å². The lowest BCUT2D eigenvalue weighted by molar-refractivity contribution is -0.0292. The number of ether oxygens (including phenoxy) is 1. The Morgan fingerprint density at radius 2 is 2.39 bits per heavy atom. The number of nitrogens with zero attached hydrogens (tertiary/aromatic N) is 2. The van der Waals surface area contributed by atoms with Crippen LogP contribution in [0.5, 0.6) is 0 Å². The molecule has 5 heteroatoms. The van der Waals surface area contributed by atoms with Gasteiger partial charge in [0.1, 0.15) is 5.82 Å². The Balaban J connectivity index is 2.04. The van der Waals surface area contributed by atoms with Crippen LogP contribution in [0.2, 0.25) is 5.02 Å². The van der Waals surface area contributed by atoms with E-state index in [9.17, 15) is 4.39 Å². The highest BCUT2D eigenvalue weighted by Gasteiger charge is 2.22. The molecule has 0 N–H and O–H groups in total. The number of hydrogen-bond acceptors (Lipinski definition) is 3. The van der Waals surface area contributed by atoms with Crippen LogP contribution in [-0.2, 0) is 4.74 Å². The molecular formula is C13H14ClFN2O. The lowest BCUT2D eigenvalue weighted by atomic mass is 10.1. The summed E-state index contributed by atoms with van der Waals surface area (Å²) < 4.78 is 18.8. The Labute approximate surface area is 111 Å². The number of hydrogen-bond donors (Lipinski definition) is 0. The van der Waals surface area contributed by atoms with Gasteiger partial charge >= 0.3 is 0 Å². The van der Waals surface area contributed by atoms with E-state index in [1.807, 2.05) is 0 Å². The van der Waals surface area contributed by atoms with E-state index in [1.165, 1.54) is 6.07 Å². The van der Waals surface area contributed by atoms with Crippen LogP contribution in [0.4, 0.5) is 4.39 Å². The molecule has 96 valence electrons. The predicted molar refractivity (Wildman–Crippen MR) is 66.8 cm³/mol. The van der Waals surface area contributed by atoms with Crippen molar-refractivity contribution in [3.8, 4) is 6.07 Å². The summed E-state index contributed by atoms with van der Waals surface area (Å²) in [7, 11) is 0. The zero-order chi connectivity index (χ0) is 13.0. The number of halogens is 2. The van der Waals surface area contributed by atoms with E-state index in [1.54, 1.807) is 12.1 Å². The fraction of sp³-hybridized carbons (Fsp3) is 0.462. The zero-order valence-corrected chi connectivity index (χ0v) is 10.7. The molecule has 0 radical (unpaired) electrons. The Kier molecular flexibility index (Phi) is 4.54. The number of nitriles is 1. The van der Waals surface area contributed by atoms with Crippen molar-refractivity contribution in [1.82, 2.24) is 4.90 Å². The molecule has 0 unspecified atom stereocenters. The van der Waals surface area contributed by atoms with Gasteiger partial charge in [-0.25, -0.2) is 4.39 Å². The highest BCUT2D eigenvalue weighted by Crippen LogP contribution is 2.26. The van der Waals surface area contributed by atoms with Crippen LogP contribution >= 0.6 is 11.6 Å². The molecule has 2 rings (SSSR count). The van der Waals surface area contributed by atoms with E-state index < -0.39 is 5.82 Å². The molecule has 1 aromatic carbocycles. The van der Waals surface area contributed by atoms with Gasteiger partial charge in [0.2, 0.25) is 0 Å². The second-order valence-electron chi connectivity index (χ2n) is 4.24. The van der Waals surface area contributed by atoms with E-state index in [0.29, 0.717) is 19.6 Å². The van der Waals surface area contributed by atoms with Gasteiger partial charge in [0.05, 0.1) is 23.8 Å². The summed E-state index contributed by atoms with van der Waals surface area (Å²) in [5.74, 6) is -0.419. The van der Waals surface area contributed by atoms with Crippen molar-refractivity contribution in [3.05, 3.63) is 34.6 Å². The summed E-state index contributed by atoms with van der Waals surface area (Å²) in [6.07, 6.45) is 0.409. The van der Waals surface area contributed by atoms with Crippen LogP contribution in [0.1, 0.15) is 18.1 Å². The van der Waals surface area contributed by atoms with E-state index in [0.717, 1.165) is 18.7 Å². The Morgan fingerprint density at radius 3 is 3.11 bits per heavy atom. The molecule has 18 heavy (non-hydrogen) atoms. The van der Waals surface area contributed by atoms with Crippen molar-refractivity contribution in [2.24, 2.45) is 0 Å². The molecule has 0 bridgehead atoms. The first-order valence-corrected chi connectivity index (χ1v) is 6.24. The fourth-order valence-electron chi connectivity index (χ4n) is 2.03. The van der Waals surface area contributed by atoms with Crippen molar-refractivity contribution < 1.29 is 9.13 Å². The molecule has 0 aliphatic carbocycles. The van der Waals surface area contributed by atoms with Gasteiger partial charge in [-0.2, -0.15) is 5.26 Å². The van der Waals surface area contributed by atoms with Gasteiger partial charge in [-0.3, -0.25) is 4.90 Å². The number of rotatable bonds is 3. The van der Waals surface area contributed by atoms with Gasteiger partial charge in [0, 0.05) is 26.1 Å². The highest BCUT2D eigenvalue weighted by atomic mass is 35.5. The van der Waals surface area contributed by atoms with Crippen LogP contribution in [0, 0.1) is 17.1 Å². The second-order valence-corrected chi connectivity index (χ2v) is 4.65. The lowest BCUT2D eigenvalue weighted by Gasteiger charge is -2.32. The molecule has 3 nitrogen and oxygen atoms in total. The molecule has 1 atom stereocenters. The Hall–Kier alpha value is -1.15. The van der Waals surface area contributed by atoms with Crippen LogP contribution in [0.25, 0.3) is 0 Å². The largest absolute Gasteiger partial charge is 0.371 e. The second kappa shape index (κ2) is 6.14. The highest BCUT2D eigenvalue weighted by molar-refractivity contribution is 6.30. The number of benzene rings is 1.